The Balaban J connectivity index is 2.13. The van der Waals surface area contributed by atoms with Crippen molar-refractivity contribution >= 4 is 6.71 Å². The van der Waals surface area contributed by atoms with Crippen molar-refractivity contribution in [1.82, 2.24) is 0 Å². The third-order valence-corrected chi connectivity index (χ3v) is 3.87. The molecular formula is C18H20BNO. The Kier molecular flexibility index (Phi) is 5.06. The molecule has 1 aromatic carbocycles. The van der Waals surface area contributed by atoms with Crippen LogP contribution in [0.1, 0.15) is 25.0 Å². The quantitative estimate of drug-likeness (QED) is 0.467. The summed E-state index contributed by atoms with van der Waals surface area (Å²) < 4.78 is 5.83. The molecule has 0 radical (unpaired) electrons. The molecule has 1 unspecified atom stereocenters. The van der Waals surface area contributed by atoms with Gasteiger partial charge in [0.2, 0.25) is 0 Å². The van der Waals surface area contributed by atoms with Crippen LogP contribution in [0.15, 0.2) is 54.8 Å². The Morgan fingerprint density at radius 2 is 2.24 bits per heavy atom. The van der Waals surface area contributed by atoms with Gasteiger partial charge >= 0.3 is 0 Å². The van der Waals surface area contributed by atoms with Crippen molar-refractivity contribution in [1.29, 1.82) is 5.26 Å². The summed E-state index contributed by atoms with van der Waals surface area (Å²) >= 11 is 0. The van der Waals surface area contributed by atoms with Gasteiger partial charge in [-0.2, -0.15) is 0 Å². The average Bonchev–Trinajstić information content (AvgIpc) is 2.46. The molecule has 3 heteroatoms. The van der Waals surface area contributed by atoms with Crippen LogP contribution in [-0.2, 0) is 12.7 Å². The first-order valence-corrected chi connectivity index (χ1v) is 7.29. The highest BCUT2D eigenvalue weighted by Gasteiger charge is 2.29. The summed E-state index contributed by atoms with van der Waals surface area (Å²) in [6.45, 7) is 7.84. The Labute approximate surface area is 127 Å². The second-order valence-corrected chi connectivity index (χ2v) is 5.55. The highest BCUT2D eigenvalue weighted by molar-refractivity contribution is 6.68. The van der Waals surface area contributed by atoms with Crippen LogP contribution < -0.4 is 4.74 Å². The molecule has 2 nitrogen and oxygen atoms in total. The number of nitrogens with zero attached hydrogens (tertiary/aromatic N) is 1. The predicted molar refractivity (Wildman–Crippen MR) is 88.4 cm³/mol. The van der Waals surface area contributed by atoms with Crippen LogP contribution >= 0.6 is 0 Å². The first kappa shape index (κ1) is 15.2. The highest BCUT2D eigenvalue weighted by atomic mass is 16.5. The number of fused-ring (bicyclic) bond motifs is 1. The molecule has 0 saturated heterocycles. The van der Waals surface area contributed by atoms with Gasteiger partial charge in [-0.1, -0.05) is 43.4 Å². The lowest BCUT2D eigenvalue weighted by atomic mass is 9.37. The van der Waals surface area contributed by atoms with Gasteiger partial charge < -0.3 is 4.74 Å². The van der Waals surface area contributed by atoms with E-state index in [1.165, 1.54) is 11.1 Å². The van der Waals surface area contributed by atoms with E-state index >= 15 is 0 Å². The molecule has 0 N–H and O–H groups in total. The monoisotopic (exact) mass is 277 g/mol. The van der Waals surface area contributed by atoms with Gasteiger partial charge in [0.05, 0.1) is 0 Å². The summed E-state index contributed by atoms with van der Waals surface area (Å²) in [5.41, 5.74) is 2.58. The fourth-order valence-corrected chi connectivity index (χ4v) is 2.64. The van der Waals surface area contributed by atoms with Crippen molar-refractivity contribution in [2.24, 2.45) is 0 Å². The molecule has 0 bridgehead atoms. The molecule has 0 saturated carbocycles. The normalized spacial score (nSPS) is 18.2. The van der Waals surface area contributed by atoms with Crippen molar-refractivity contribution in [3.05, 3.63) is 66.0 Å². The summed E-state index contributed by atoms with van der Waals surface area (Å²) in [7, 11) is 0. The molecule has 0 aliphatic carbocycles. The molecule has 1 atom stereocenters. The first-order chi connectivity index (χ1) is 10.1. The molecule has 1 heterocycles. The molecule has 1 aliphatic rings. The smallest absolute Gasteiger partial charge is 0.275 e. The lowest BCUT2D eigenvalue weighted by Gasteiger charge is -2.24. The van der Waals surface area contributed by atoms with E-state index < -0.39 is 0 Å². The lowest BCUT2D eigenvalue weighted by Crippen LogP contribution is -2.27. The summed E-state index contributed by atoms with van der Waals surface area (Å²) in [6.07, 6.45) is 9.21. The summed E-state index contributed by atoms with van der Waals surface area (Å²) in [4.78, 5) is 0. The van der Waals surface area contributed by atoms with Crippen LogP contribution in [0, 0.1) is 11.2 Å². The van der Waals surface area contributed by atoms with E-state index in [4.69, 9.17) is 10.00 Å². The van der Waals surface area contributed by atoms with E-state index in [2.05, 4.69) is 31.6 Å². The zero-order valence-electron chi connectivity index (χ0n) is 12.7. The highest BCUT2D eigenvalue weighted by Crippen LogP contribution is 2.31. The number of nitriles is 1. The van der Waals surface area contributed by atoms with E-state index in [1.54, 1.807) is 6.08 Å². The Morgan fingerprint density at radius 1 is 1.43 bits per heavy atom. The molecule has 0 amide bonds. The van der Waals surface area contributed by atoms with E-state index in [0.29, 0.717) is 5.82 Å². The van der Waals surface area contributed by atoms with Gasteiger partial charge in [0.1, 0.15) is 11.5 Å². The van der Waals surface area contributed by atoms with Crippen LogP contribution in [0.4, 0.5) is 0 Å². The first-order valence-electron chi connectivity index (χ1n) is 7.29. The molecule has 0 aromatic heterocycles. The van der Waals surface area contributed by atoms with Crippen molar-refractivity contribution in [2.45, 2.75) is 32.4 Å². The minimum absolute atomic E-state index is 0.134. The Bertz CT molecular complexity index is 625. The van der Waals surface area contributed by atoms with Crippen molar-refractivity contribution in [2.75, 3.05) is 0 Å². The molecule has 1 aromatic rings. The van der Waals surface area contributed by atoms with Crippen LogP contribution in [0.5, 0.6) is 5.75 Å². The standard InChI is InChI=1S/C18H20BNO/c1-4-5-6-7-15(3)21-18-9-8-16-12-19(13-20)14(2)10-17(16)11-18/h4-9,11,14H,1,10,12H2,2-3H3/b6-5-,15-7+. The molecular weight excluding hydrogens is 257 g/mol. The molecule has 2 rings (SSSR count). The van der Waals surface area contributed by atoms with Crippen LogP contribution in [0.25, 0.3) is 0 Å². The van der Waals surface area contributed by atoms with E-state index in [-0.39, 0.29) is 6.71 Å². The summed E-state index contributed by atoms with van der Waals surface area (Å²) in [6, 6.07) is 6.18. The Hall–Kier alpha value is -2.21. The van der Waals surface area contributed by atoms with Crippen molar-refractivity contribution in [3.8, 4) is 11.7 Å². The minimum atomic E-state index is 0.134. The summed E-state index contributed by atoms with van der Waals surface area (Å²) in [5, 5.41) is 9.17. The van der Waals surface area contributed by atoms with Crippen molar-refractivity contribution in [3.63, 3.8) is 0 Å². The lowest BCUT2D eigenvalue weighted by molar-refractivity contribution is 0.427. The van der Waals surface area contributed by atoms with Crippen LogP contribution in [0.3, 0.4) is 0 Å². The average molecular weight is 277 g/mol. The van der Waals surface area contributed by atoms with Crippen LogP contribution in [0.2, 0.25) is 5.82 Å². The molecule has 21 heavy (non-hydrogen) atoms. The maximum absolute atomic E-state index is 9.17. The largest absolute Gasteiger partial charge is 0.462 e. The Morgan fingerprint density at radius 3 is 2.95 bits per heavy atom. The van der Waals surface area contributed by atoms with E-state index in [1.807, 2.05) is 31.2 Å². The van der Waals surface area contributed by atoms with E-state index in [0.717, 1.165) is 24.2 Å². The summed E-state index contributed by atoms with van der Waals surface area (Å²) in [5.74, 6) is 4.52. The maximum Gasteiger partial charge on any atom is 0.275 e. The van der Waals surface area contributed by atoms with Gasteiger partial charge in [-0.15, -0.1) is 0 Å². The van der Waals surface area contributed by atoms with Crippen LogP contribution in [-0.4, -0.2) is 6.71 Å². The molecule has 106 valence electrons. The number of allylic oxidation sites excluding steroid dienone is 5. The maximum atomic E-state index is 9.17. The zero-order valence-corrected chi connectivity index (χ0v) is 12.7. The number of ether oxygens (including phenoxy) is 1. The fourth-order valence-electron chi connectivity index (χ4n) is 2.64. The third kappa shape index (κ3) is 3.89. The van der Waals surface area contributed by atoms with E-state index in [9.17, 15) is 0 Å². The second-order valence-electron chi connectivity index (χ2n) is 5.55. The zero-order chi connectivity index (χ0) is 15.2. The number of benzene rings is 1. The van der Waals surface area contributed by atoms with Gasteiger partial charge in [-0.3, -0.25) is 0 Å². The van der Waals surface area contributed by atoms with Crippen molar-refractivity contribution < 1.29 is 4.74 Å². The number of hydrogen-bond donors (Lipinski definition) is 0. The van der Waals surface area contributed by atoms with Gasteiger partial charge in [0.15, 0.2) is 0 Å². The fraction of sp³-hybridized carbons (Fsp3) is 0.278. The van der Waals surface area contributed by atoms with Gasteiger partial charge in [0.25, 0.3) is 6.71 Å². The SMILES string of the molecule is C=C/C=C\C=C(/C)Oc1ccc2c(c1)CC(C)B(C#N)C2. The topological polar surface area (TPSA) is 33.0 Å². The second kappa shape index (κ2) is 6.99. The number of rotatable bonds is 4. The van der Waals surface area contributed by atoms with Gasteiger partial charge in [0, 0.05) is 5.97 Å². The predicted octanol–water partition coefficient (Wildman–Crippen LogP) is 4.30. The molecule has 1 aliphatic heterocycles. The van der Waals surface area contributed by atoms with Gasteiger partial charge in [-0.05, 0) is 49.3 Å². The molecule has 0 fully saturated rings. The van der Waals surface area contributed by atoms with Gasteiger partial charge in [-0.25, -0.2) is 5.26 Å². The number of hydrogen-bond acceptors (Lipinski definition) is 2. The third-order valence-electron chi connectivity index (χ3n) is 3.87. The molecule has 0 spiro atoms. The minimum Gasteiger partial charge on any atom is -0.462 e.